The second-order valence-electron chi connectivity index (χ2n) is 3.70. The van der Waals surface area contributed by atoms with Crippen LogP contribution < -0.4 is 0 Å². The molecule has 0 spiro atoms. The molecule has 0 saturated heterocycles. The molecule has 0 saturated carbocycles. The van der Waals surface area contributed by atoms with E-state index >= 15 is 0 Å². The summed E-state index contributed by atoms with van der Waals surface area (Å²) in [6, 6.07) is 1.02. The van der Waals surface area contributed by atoms with Gasteiger partial charge in [-0.05, 0) is 12.0 Å². The fourth-order valence-corrected chi connectivity index (χ4v) is 1.11. The highest BCUT2D eigenvalue weighted by molar-refractivity contribution is 5.76. The van der Waals surface area contributed by atoms with Crippen LogP contribution in [0, 0.1) is 5.92 Å². The fourth-order valence-electron chi connectivity index (χ4n) is 1.11. The standard InChI is InChI=1S/C9H12F2N2O2/c1-6(2)5-13-4-3-7(12-13)9(10,11)8(14)15/h3-4,6H,5H2,1-2H3,(H,14,15). The summed E-state index contributed by atoms with van der Waals surface area (Å²) in [7, 11) is 0. The van der Waals surface area contributed by atoms with Crippen LogP contribution in [0.3, 0.4) is 0 Å². The molecule has 1 heterocycles. The Morgan fingerprint density at radius 3 is 2.73 bits per heavy atom. The Labute approximate surface area is 85.5 Å². The topological polar surface area (TPSA) is 55.1 Å². The Kier molecular flexibility index (Phi) is 3.06. The highest BCUT2D eigenvalue weighted by atomic mass is 19.3. The Morgan fingerprint density at radius 2 is 2.27 bits per heavy atom. The lowest BCUT2D eigenvalue weighted by Gasteiger charge is -2.08. The van der Waals surface area contributed by atoms with Gasteiger partial charge in [-0.25, -0.2) is 4.79 Å². The van der Waals surface area contributed by atoms with Crippen LogP contribution in [0.15, 0.2) is 12.3 Å². The Balaban J connectivity index is 2.89. The lowest BCUT2D eigenvalue weighted by atomic mass is 10.2. The van der Waals surface area contributed by atoms with E-state index in [0.717, 1.165) is 6.07 Å². The van der Waals surface area contributed by atoms with Gasteiger partial charge >= 0.3 is 11.9 Å². The number of aromatic nitrogens is 2. The van der Waals surface area contributed by atoms with Gasteiger partial charge in [0.05, 0.1) is 0 Å². The first-order chi connectivity index (χ1) is 6.84. The molecule has 0 aliphatic heterocycles. The molecule has 0 aromatic carbocycles. The minimum absolute atomic E-state index is 0.260. The summed E-state index contributed by atoms with van der Waals surface area (Å²) in [4.78, 5) is 10.3. The largest absolute Gasteiger partial charge is 0.476 e. The van der Waals surface area contributed by atoms with E-state index in [1.165, 1.54) is 10.9 Å². The molecule has 1 aromatic heterocycles. The minimum Gasteiger partial charge on any atom is -0.476 e. The molecule has 1 aromatic rings. The van der Waals surface area contributed by atoms with Crippen LogP contribution in [0.4, 0.5) is 8.78 Å². The van der Waals surface area contributed by atoms with Crippen molar-refractivity contribution in [3.05, 3.63) is 18.0 Å². The number of halogens is 2. The number of rotatable bonds is 4. The monoisotopic (exact) mass is 218 g/mol. The van der Waals surface area contributed by atoms with E-state index in [4.69, 9.17) is 5.11 Å². The van der Waals surface area contributed by atoms with Crippen LogP contribution in [0.1, 0.15) is 19.5 Å². The summed E-state index contributed by atoms with van der Waals surface area (Å²) in [6.07, 6.45) is 1.35. The minimum atomic E-state index is -3.91. The number of carboxylic acid groups (broad SMARTS) is 1. The molecule has 0 bridgehead atoms. The molecule has 84 valence electrons. The molecule has 4 nitrogen and oxygen atoms in total. The van der Waals surface area contributed by atoms with Gasteiger partial charge in [-0.1, -0.05) is 13.8 Å². The fraction of sp³-hybridized carbons (Fsp3) is 0.556. The summed E-state index contributed by atoms with van der Waals surface area (Å²) >= 11 is 0. The Morgan fingerprint density at radius 1 is 1.67 bits per heavy atom. The number of hydrogen-bond acceptors (Lipinski definition) is 2. The molecule has 0 radical (unpaired) electrons. The van der Waals surface area contributed by atoms with Crippen molar-refractivity contribution in [2.24, 2.45) is 5.92 Å². The lowest BCUT2D eigenvalue weighted by Crippen LogP contribution is -2.26. The van der Waals surface area contributed by atoms with Crippen LogP contribution in [0.2, 0.25) is 0 Å². The molecule has 0 aliphatic carbocycles. The zero-order chi connectivity index (χ0) is 11.6. The summed E-state index contributed by atoms with van der Waals surface area (Å²) in [5.41, 5.74) is -0.726. The van der Waals surface area contributed by atoms with Crippen molar-refractivity contribution in [2.45, 2.75) is 26.3 Å². The normalized spacial score (nSPS) is 12.1. The van der Waals surface area contributed by atoms with Crippen molar-refractivity contribution in [3.63, 3.8) is 0 Å². The van der Waals surface area contributed by atoms with E-state index in [0.29, 0.717) is 6.54 Å². The van der Waals surface area contributed by atoms with E-state index in [9.17, 15) is 13.6 Å². The van der Waals surface area contributed by atoms with Gasteiger partial charge in [0.15, 0.2) is 0 Å². The zero-order valence-electron chi connectivity index (χ0n) is 8.44. The third kappa shape index (κ3) is 2.51. The van der Waals surface area contributed by atoms with E-state index in [1.54, 1.807) is 0 Å². The molecule has 1 rings (SSSR count). The van der Waals surface area contributed by atoms with Crippen molar-refractivity contribution >= 4 is 5.97 Å². The second-order valence-corrected chi connectivity index (χ2v) is 3.70. The number of carbonyl (C=O) groups is 1. The first-order valence-corrected chi connectivity index (χ1v) is 4.49. The maximum Gasteiger partial charge on any atom is 0.385 e. The third-order valence-corrected chi connectivity index (χ3v) is 1.78. The molecule has 0 amide bonds. The van der Waals surface area contributed by atoms with Gasteiger partial charge in [-0.3, -0.25) is 4.68 Å². The predicted molar refractivity (Wildman–Crippen MR) is 48.6 cm³/mol. The molecular weight excluding hydrogens is 206 g/mol. The van der Waals surface area contributed by atoms with Gasteiger partial charge in [0, 0.05) is 12.7 Å². The van der Waals surface area contributed by atoms with Gasteiger partial charge in [-0.2, -0.15) is 13.9 Å². The van der Waals surface area contributed by atoms with E-state index in [2.05, 4.69) is 5.10 Å². The van der Waals surface area contributed by atoms with E-state index < -0.39 is 17.6 Å². The quantitative estimate of drug-likeness (QED) is 0.837. The average molecular weight is 218 g/mol. The molecule has 1 N–H and O–H groups in total. The molecule has 0 fully saturated rings. The lowest BCUT2D eigenvalue weighted by molar-refractivity contribution is -0.167. The van der Waals surface area contributed by atoms with Crippen LogP contribution in [-0.4, -0.2) is 20.9 Å². The van der Waals surface area contributed by atoms with Crippen molar-refractivity contribution < 1.29 is 18.7 Å². The number of carboxylic acids is 1. The first kappa shape index (κ1) is 11.6. The van der Waals surface area contributed by atoms with Gasteiger partial charge < -0.3 is 5.11 Å². The number of hydrogen-bond donors (Lipinski definition) is 1. The van der Waals surface area contributed by atoms with Crippen LogP contribution in [-0.2, 0) is 17.3 Å². The second kappa shape index (κ2) is 3.96. The molecule has 6 heteroatoms. The molecular formula is C9H12F2N2O2. The Bertz CT molecular complexity index is 361. The molecule has 15 heavy (non-hydrogen) atoms. The average Bonchev–Trinajstić information content (AvgIpc) is 2.51. The summed E-state index contributed by atoms with van der Waals surface area (Å²) in [6.45, 7) is 4.31. The highest BCUT2D eigenvalue weighted by Gasteiger charge is 2.43. The van der Waals surface area contributed by atoms with E-state index in [-0.39, 0.29) is 5.92 Å². The molecule has 0 unspecified atom stereocenters. The van der Waals surface area contributed by atoms with Gasteiger partial charge in [0.25, 0.3) is 0 Å². The van der Waals surface area contributed by atoms with Crippen LogP contribution >= 0.6 is 0 Å². The van der Waals surface area contributed by atoms with Crippen molar-refractivity contribution in [1.29, 1.82) is 0 Å². The van der Waals surface area contributed by atoms with Crippen molar-refractivity contribution in [3.8, 4) is 0 Å². The molecule has 0 atom stereocenters. The first-order valence-electron chi connectivity index (χ1n) is 4.49. The van der Waals surface area contributed by atoms with Crippen LogP contribution in [0.5, 0.6) is 0 Å². The van der Waals surface area contributed by atoms with Crippen molar-refractivity contribution in [2.75, 3.05) is 0 Å². The third-order valence-electron chi connectivity index (χ3n) is 1.78. The summed E-state index contributed by atoms with van der Waals surface area (Å²) < 4.78 is 27.2. The maximum atomic E-state index is 13.0. The van der Waals surface area contributed by atoms with Crippen molar-refractivity contribution in [1.82, 2.24) is 9.78 Å². The Hall–Kier alpha value is -1.46. The van der Waals surface area contributed by atoms with E-state index in [1.807, 2.05) is 13.8 Å². The van der Waals surface area contributed by atoms with Gasteiger partial charge in [0.1, 0.15) is 5.69 Å². The number of aliphatic carboxylic acids is 1. The SMILES string of the molecule is CC(C)Cn1ccc(C(F)(F)C(=O)O)n1. The highest BCUT2D eigenvalue weighted by Crippen LogP contribution is 2.26. The number of alkyl halides is 2. The maximum absolute atomic E-state index is 13.0. The predicted octanol–water partition coefficient (Wildman–Crippen LogP) is 1.72. The summed E-state index contributed by atoms with van der Waals surface area (Å²) in [5.74, 6) is -5.84. The molecule has 0 aliphatic rings. The van der Waals surface area contributed by atoms with Crippen LogP contribution in [0.25, 0.3) is 0 Å². The number of nitrogens with zero attached hydrogens (tertiary/aromatic N) is 2. The summed E-state index contributed by atoms with van der Waals surface area (Å²) in [5, 5.41) is 11.8. The zero-order valence-corrected chi connectivity index (χ0v) is 8.44. The van der Waals surface area contributed by atoms with Gasteiger partial charge in [0.2, 0.25) is 0 Å². The van der Waals surface area contributed by atoms with Gasteiger partial charge in [-0.15, -0.1) is 0 Å². The smallest absolute Gasteiger partial charge is 0.385 e.